The SMILES string of the molecule is CCc1ccc2c(c1)N(C(CC)C(=O)O)CC(C)(C)O2. The predicted octanol–water partition coefficient (Wildman–Crippen LogP) is 3.09. The summed E-state index contributed by atoms with van der Waals surface area (Å²) in [5.41, 5.74) is 1.71. The van der Waals surface area contributed by atoms with Crippen LogP contribution < -0.4 is 9.64 Å². The van der Waals surface area contributed by atoms with Gasteiger partial charge in [-0.25, -0.2) is 4.79 Å². The average molecular weight is 277 g/mol. The lowest BCUT2D eigenvalue weighted by atomic mass is 10.00. The zero-order valence-electron chi connectivity index (χ0n) is 12.6. The van der Waals surface area contributed by atoms with Gasteiger partial charge >= 0.3 is 5.97 Å². The Morgan fingerprint density at radius 3 is 2.70 bits per heavy atom. The lowest BCUT2D eigenvalue weighted by molar-refractivity contribution is -0.138. The Morgan fingerprint density at radius 2 is 2.15 bits per heavy atom. The van der Waals surface area contributed by atoms with Crippen LogP contribution in [-0.2, 0) is 11.2 Å². The number of anilines is 1. The van der Waals surface area contributed by atoms with E-state index in [1.54, 1.807) is 0 Å². The van der Waals surface area contributed by atoms with Gasteiger partial charge in [0.15, 0.2) is 0 Å². The van der Waals surface area contributed by atoms with E-state index in [1.165, 1.54) is 5.56 Å². The van der Waals surface area contributed by atoms with Crippen molar-refractivity contribution in [2.45, 2.75) is 52.2 Å². The van der Waals surface area contributed by atoms with E-state index in [0.29, 0.717) is 13.0 Å². The normalized spacial score (nSPS) is 18.1. The summed E-state index contributed by atoms with van der Waals surface area (Å²) >= 11 is 0. The van der Waals surface area contributed by atoms with Crippen molar-refractivity contribution in [3.8, 4) is 5.75 Å². The Balaban J connectivity index is 2.49. The predicted molar refractivity (Wildman–Crippen MR) is 79.6 cm³/mol. The fourth-order valence-corrected chi connectivity index (χ4v) is 2.73. The van der Waals surface area contributed by atoms with Crippen LogP contribution >= 0.6 is 0 Å². The first-order valence-corrected chi connectivity index (χ1v) is 7.19. The molecule has 1 atom stereocenters. The minimum atomic E-state index is -0.780. The summed E-state index contributed by atoms with van der Waals surface area (Å²) in [6.45, 7) is 8.56. The van der Waals surface area contributed by atoms with Crippen LogP contribution in [0.25, 0.3) is 0 Å². The van der Waals surface area contributed by atoms with Crippen LogP contribution in [0.2, 0.25) is 0 Å². The second kappa shape index (κ2) is 5.35. The maximum atomic E-state index is 11.5. The van der Waals surface area contributed by atoms with Gasteiger partial charge in [-0.3, -0.25) is 0 Å². The minimum Gasteiger partial charge on any atom is -0.484 e. The second-order valence-electron chi connectivity index (χ2n) is 5.91. The summed E-state index contributed by atoms with van der Waals surface area (Å²) in [4.78, 5) is 13.5. The molecule has 1 N–H and O–H groups in total. The molecule has 1 heterocycles. The standard InChI is InChI=1S/C16H23NO3/c1-5-11-7-8-14-13(9-11)17(10-16(3,4)20-14)12(6-2)15(18)19/h7-9,12H,5-6,10H2,1-4H3,(H,18,19). The molecule has 0 bridgehead atoms. The van der Waals surface area contributed by atoms with Crippen LogP contribution in [0, 0.1) is 0 Å². The number of carboxylic acid groups (broad SMARTS) is 1. The molecule has 4 heteroatoms. The van der Waals surface area contributed by atoms with Gasteiger partial charge in [0.25, 0.3) is 0 Å². The first-order chi connectivity index (χ1) is 9.38. The molecule has 0 saturated carbocycles. The van der Waals surface area contributed by atoms with Gasteiger partial charge < -0.3 is 14.7 Å². The highest BCUT2D eigenvalue weighted by molar-refractivity contribution is 5.80. The van der Waals surface area contributed by atoms with Crippen LogP contribution in [0.5, 0.6) is 5.75 Å². The Hall–Kier alpha value is -1.71. The molecule has 0 spiro atoms. The number of fused-ring (bicyclic) bond motifs is 1. The fourth-order valence-electron chi connectivity index (χ4n) is 2.73. The maximum Gasteiger partial charge on any atom is 0.326 e. The molecular formula is C16H23NO3. The number of carbonyl (C=O) groups is 1. The van der Waals surface area contributed by atoms with E-state index in [-0.39, 0.29) is 5.60 Å². The first kappa shape index (κ1) is 14.7. The molecule has 20 heavy (non-hydrogen) atoms. The van der Waals surface area contributed by atoms with E-state index in [9.17, 15) is 9.90 Å². The summed E-state index contributed by atoms with van der Waals surface area (Å²) in [7, 11) is 0. The van der Waals surface area contributed by atoms with E-state index in [1.807, 2.05) is 37.8 Å². The molecule has 4 nitrogen and oxygen atoms in total. The molecule has 0 aromatic heterocycles. The van der Waals surface area contributed by atoms with E-state index < -0.39 is 12.0 Å². The smallest absolute Gasteiger partial charge is 0.326 e. The van der Waals surface area contributed by atoms with Crippen LogP contribution in [0.4, 0.5) is 5.69 Å². The molecule has 110 valence electrons. The molecule has 2 rings (SSSR count). The summed E-state index contributed by atoms with van der Waals surface area (Å²) in [6.07, 6.45) is 1.50. The van der Waals surface area contributed by atoms with Gasteiger partial charge in [-0.1, -0.05) is 19.9 Å². The van der Waals surface area contributed by atoms with Gasteiger partial charge in [-0.05, 0) is 44.4 Å². The second-order valence-corrected chi connectivity index (χ2v) is 5.91. The molecule has 0 radical (unpaired) electrons. The van der Waals surface area contributed by atoms with Gasteiger partial charge in [0.2, 0.25) is 0 Å². The minimum absolute atomic E-state index is 0.385. The van der Waals surface area contributed by atoms with Crippen LogP contribution in [0.15, 0.2) is 18.2 Å². The quantitative estimate of drug-likeness (QED) is 0.918. The summed E-state index contributed by atoms with van der Waals surface area (Å²) in [6, 6.07) is 5.54. The summed E-state index contributed by atoms with van der Waals surface area (Å²) < 4.78 is 5.99. The fraction of sp³-hybridized carbons (Fsp3) is 0.562. The summed E-state index contributed by atoms with van der Waals surface area (Å²) in [5.74, 6) is -0.00352. The molecule has 1 unspecified atom stereocenters. The van der Waals surface area contributed by atoms with Gasteiger partial charge in [-0.15, -0.1) is 0 Å². The van der Waals surface area contributed by atoms with Crippen LogP contribution in [0.3, 0.4) is 0 Å². The van der Waals surface area contributed by atoms with E-state index in [4.69, 9.17) is 4.74 Å². The Kier molecular flexibility index (Phi) is 3.93. The van der Waals surface area contributed by atoms with Crippen molar-refractivity contribution in [1.29, 1.82) is 0 Å². The van der Waals surface area contributed by atoms with Gasteiger partial charge in [0.1, 0.15) is 17.4 Å². The number of carboxylic acids is 1. The molecule has 0 saturated heterocycles. The number of rotatable bonds is 4. The van der Waals surface area contributed by atoms with Crippen molar-refractivity contribution in [3.05, 3.63) is 23.8 Å². The van der Waals surface area contributed by atoms with Crippen molar-refractivity contribution < 1.29 is 14.6 Å². The molecule has 1 aromatic rings. The Morgan fingerprint density at radius 1 is 1.45 bits per heavy atom. The maximum absolute atomic E-state index is 11.5. The lowest BCUT2D eigenvalue weighted by Gasteiger charge is -2.43. The molecular weight excluding hydrogens is 254 g/mol. The van der Waals surface area contributed by atoms with Crippen molar-refractivity contribution in [1.82, 2.24) is 0 Å². The summed E-state index contributed by atoms with van der Waals surface area (Å²) in [5, 5.41) is 9.47. The zero-order chi connectivity index (χ0) is 14.9. The van der Waals surface area contributed by atoms with Crippen molar-refractivity contribution in [2.24, 2.45) is 0 Å². The number of aryl methyl sites for hydroxylation is 1. The first-order valence-electron chi connectivity index (χ1n) is 7.19. The number of hydrogen-bond donors (Lipinski definition) is 1. The molecule has 1 aliphatic rings. The third kappa shape index (κ3) is 2.74. The van der Waals surface area contributed by atoms with E-state index >= 15 is 0 Å². The molecule has 1 aromatic carbocycles. The van der Waals surface area contributed by atoms with Crippen LogP contribution in [-0.4, -0.2) is 29.3 Å². The van der Waals surface area contributed by atoms with Crippen molar-refractivity contribution in [3.63, 3.8) is 0 Å². The van der Waals surface area contributed by atoms with E-state index in [0.717, 1.165) is 17.9 Å². The Bertz CT molecular complexity index is 510. The highest BCUT2D eigenvalue weighted by Crippen LogP contribution is 2.39. The van der Waals surface area contributed by atoms with Gasteiger partial charge in [0.05, 0.1) is 12.2 Å². The largest absolute Gasteiger partial charge is 0.484 e. The van der Waals surface area contributed by atoms with Crippen molar-refractivity contribution >= 4 is 11.7 Å². The van der Waals surface area contributed by atoms with E-state index in [2.05, 4.69) is 13.0 Å². The van der Waals surface area contributed by atoms with Crippen molar-refractivity contribution in [2.75, 3.05) is 11.4 Å². The number of benzene rings is 1. The molecule has 1 aliphatic heterocycles. The number of nitrogens with zero attached hydrogens (tertiary/aromatic N) is 1. The highest BCUT2D eigenvalue weighted by Gasteiger charge is 2.37. The topological polar surface area (TPSA) is 49.8 Å². The average Bonchev–Trinajstić information content (AvgIpc) is 2.37. The monoisotopic (exact) mass is 277 g/mol. The van der Waals surface area contributed by atoms with Gasteiger partial charge in [-0.2, -0.15) is 0 Å². The molecule has 0 amide bonds. The van der Waals surface area contributed by atoms with Crippen LogP contribution in [0.1, 0.15) is 39.7 Å². The zero-order valence-corrected chi connectivity index (χ0v) is 12.6. The number of aliphatic carboxylic acids is 1. The number of hydrogen-bond acceptors (Lipinski definition) is 3. The number of ether oxygens (including phenoxy) is 1. The molecule has 0 fully saturated rings. The third-order valence-electron chi connectivity index (χ3n) is 3.73. The lowest BCUT2D eigenvalue weighted by Crippen LogP contribution is -2.53. The molecule has 0 aliphatic carbocycles. The Labute approximate surface area is 120 Å². The third-order valence-corrected chi connectivity index (χ3v) is 3.73. The van der Waals surface area contributed by atoms with Gasteiger partial charge in [0, 0.05) is 0 Å². The highest BCUT2D eigenvalue weighted by atomic mass is 16.5.